The van der Waals surface area contributed by atoms with E-state index in [9.17, 15) is 51.1 Å². The Labute approximate surface area is 187 Å². The molecule has 3 saturated heterocycles. The fourth-order valence-electron chi connectivity index (χ4n) is 3.99. The fraction of sp³-hybridized carbons (Fsp3) is 1.00. The molecule has 3 fully saturated rings. The van der Waals surface area contributed by atoms with Gasteiger partial charge >= 0.3 is 0 Å². The summed E-state index contributed by atoms with van der Waals surface area (Å²) in [5.74, 6) is 0. The molecule has 3 heterocycles. The summed E-state index contributed by atoms with van der Waals surface area (Å²) >= 11 is 0. The topological polar surface area (TPSA) is 248 Å². The van der Waals surface area contributed by atoms with Crippen molar-refractivity contribution in [3.8, 4) is 0 Å². The Hall–Kier alpha value is -0.600. The van der Waals surface area contributed by atoms with E-state index in [0.717, 1.165) is 0 Å². The smallest absolute Gasteiger partial charge is 0.187 e. The summed E-state index contributed by atoms with van der Waals surface area (Å²) in [5, 5.41) is 99.8. The quantitative estimate of drug-likeness (QED) is 0.167. The fourth-order valence-corrected chi connectivity index (χ4v) is 3.99. The van der Waals surface area contributed by atoms with Gasteiger partial charge in [-0.2, -0.15) is 0 Å². The van der Waals surface area contributed by atoms with Crippen LogP contribution in [-0.4, -0.2) is 156 Å². The molecule has 194 valence electrons. The molecule has 15 heteroatoms. The predicted octanol–water partition coefficient (Wildman–Crippen LogP) is -6.55. The van der Waals surface area contributed by atoms with Gasteiger partial charge in [0.1, 0.15) is 67.1 Å². The molecular weight excluding hydrogens is 456 g/mol. The van der Waals surface area contributed by atoms with Crippen molar-refractivity contribution in [2.45, 2.75) is 99.0 Å². The molecule has 0 saturated carbocycles. The molecule has 15 atom stereocenters. The highest BCUT2D eigenvalue weighted by Gasteiger charge is 2.53. The van der Waals surface area contributed by atoms with Crippen molar-refractivity contribution in [1.82, 2.24) is 0 Å². The Morgan fingerprint density at radius 2 is 1.06 bits per heavy atom. The minimum atomic E-state index is -1.88. The van der Waals surface area contributed by atoms with E-state index in [1.165, 1.54) is 6.92 Å². The maximum Gasteiger partial charge on any atom is 0.187 e. The summed E-state index contributed by atoms with van der Waals surface area (Å²) in [6, 6.07) is 0. The lowest BCUT2D eigenvalue weighted by atomic mass is 9.96. The number of hydrogen-bond acceptors (Lipinski definition) is 15. The van der Waals surface area contributed by atoms with Crippen molar-refractivity contribution < 1.29 is 74.7 Å². The van der Waals surface area contributed by atoms with Gasteiger partial charge in [-0.1, -0.05) is 0 Å². The second kappa shape index (κ2) is 11.0. The second-order valence-corrected chi connectivity index (χ2v) is 8.32. The van der Waals surface area contributed by atoms with E-state index in [1.54, 1.807) is 0 Å². The van der Waals surface area contributed by atoms with Crippen molar-refractivity contribution in [3.63, 3.8) is 0 Å². The third kappa shape index (κ3) is 5.32. The van der Waals surface area contributed by atoms with Crippen LogP contribution in [0.2, 0.25) is 0 Å². The maximum atomic E-state index is 10.5. The van der Waals surface area contributed by atoms with Gasteiger partial charge in [-0.3, -0.25) is 0 Å². The number of hydrogen-bond donors (Lipinski definition) is 10. The van der Waals surface area contributed by atoms with E-state index in [4.69, 9.17) is 23.7 Å². The van der Waals surface area contributed by atoms with E-state index in [0.29, 0.717) is 0 Å². The van der Waals surface area contributed by atoms with Gasteiger partial charge in [0.2, 0.25) is 0 Å². The predicted molar refractivity (Wildman–Crippen MR) is 99.8 cm³/mol. The molecule has 0 bridgehead atoms. The van der Waals surface area contributed by atoms with Crippen LogP contribution in [0.3, 0.4) is 0 Å². The molecule has 0 amide bonds. The van der Waals surface area contributed by atoms with Crippen LogP contribution in [-0.2, 0) is 23.7 Å². The number of aliphatic hydroxyl groups excluding tert-OH is 10. The number of rotatable bonds is 6. The molecule has 0 aromatic carbocycles. The first-order valence-electron chi connectivity index (χ1n) is 10.4. The van der Waals surface area contributed by atoms with Crippen molar-refractivity contribution in [3.05, 3.63) is 0 Å². The monoisotopic (exact) mass is 488 g/mol. The average molecular weight is 488 g/mol. The van der Waals surface area contributed by atoms with Crippen molar-refractivity contribution in [1.29, 1.82) is 0 Å². The van der Waals surface area contributed by atoms with Crippen LogP contribution in [0.1, 0.15) is 6.92 Å². The molecule has 0 aromatic heterocycles. The largest absolute Gasteiger partial charge is 0.394 e. The molecule has 0 unspecified atom stereocenters. The molecule has 3 aliphatic rings. The Kier molecular flexibility index (Phi) is 8.99. The van der Waals surface area contributed by atoms with Gasteiger partial charge in [-0.25, -0.2) is 0 Å². The minimum Gasteiger partial charge on any atom is -0.394 e. The van der Waals surface area contributed by atoms with Crippen molar-refractivity contribution in [2.24, 2.45) is 0 Å². The summed E-state index contributed by atoms with van der Waals surface area (Å²) in [6.07, 6.45) is -24.0. The Balaban J connectivity index is 1.83. The average Bonchev–Trinajstić information content (AvgIpc) is 2.80. The van der Waals surface area contributed by atoms with Crippen molar-refractivity contribution >= 4 is 0 Å². The lowest BCUT2D eigenvalue weighted by molar-refractivity contribution is -0.382. The highest BCUT2D eigenvalue weighted by Crippen LogP contribution is 2.32. The zero-order chi connectivity index (χ0) is 24.6. The highest BCUT2D eigenvalue weighted by molar-refractivity contribution is 4.96. The number of ether oxygens (including phenoxy) is 5. The molecule has 0 aromatic rings. The molecule has 0 radical (unpaired) electrons. The Morgan fingerprint density at radius 3 is 1.64 bits per heavy atom. The van der Waals surface area contributed by atoms with Crippen LogP contribution >= 0.6 is 0 Å². The SMILES string of the molecule is C[C@@H]1O[C@@H](O[C@@H]2[C@@H](O)[C@H](O)O[C@H](CO)[C@@H]2O[C@@H]2O[C@H](CO)[C@@H](O)[C@H](O)[C@H]2O)[C@H](O)[C@H](O)[C@H]1O. The Bertz CT molecular complexity index is 624. The lowest BCUT2D eigenvalue weighted by Gasteiger charge is -2.48. The summed E-state index contributed by atoms with van der Waals surface area (Å²) in [7, 11) is 0. The number of aliphatic hydroxyl groups is 10. The van der Waals surface area contributed by atoms with E-state index in [1.807, 2.05) is 0 Å². The van der Waals surface area contributed by atoms with Gasteiger partial charge in [0.05, 0.1) is 19.3 Å². The molecule has 0 spiro atoms. The molecule has 33 heavy (non-hydrogen) atoms. The van der Waals surface area contributed by atoms with E-state index < -0.39 is 105 Å². The molecule has 10 N–H and O–H groups in total. The van der Waals surface area contributed by atoms with Gasteiger partial charge in [-0.05, 0) is 6.92 Å². The van der Waals surface area contributed by atoms with Crippen LogP contribution in [0.25, 0.3) is 0 Å². The van der Waals surface area contributed by atoms with E-state index >= 15 is 0 Å². The second-order valence-electron chi connectivity index (χ2n) is 8.32. The third-order valence-electron chi connectivity index (χ3n) is 6.05. The first-order chi connectivity index (χ1) is 15.5. The van der Waals surface area contributed by atoms with Crippen molar-refractivity contribution in [2.75, 3.05) is 13.2 Å². The molecular formula is C18H32O15. The normalized spacial score (nSPS) is 53.7. The van der Waals surface area contributed by atoms with Gasteiger partial charge in [0.15, 0.2) is 18.9 Å². The van der Waals surface area contributed by atoms with Gasteiger partial charge in [-0.15, -0.1) is 0 Å². The Morgan fingerprint density at radius 1 is 0.545 bits per heavy atom. The van der Waals surface area contributed by atoms with Crippen LogP contribution in [0.15, 0.2) is 0 Å². The lowest BCUT2D eigenvalue weighted by Crippen LogP contribution is -2.66. The molecule has 3 aliphatic heterocycles. The highest BCUT2D eigenvalue weighted by atomic mass is 16.8. The zero-order valence-corrected chi connectivity index (χ0v) is 17.6. The van der Waals surface area contributed by atoms with Crippen LogP contribution < -0.4 is 0 Å². The summed E-state index contributed by atoms with van der Waals surface area (Å²) in [6.45, 7) is -0.127. The van der Waals surface area contributed by atoms with Crippen LogP contribution in [0.4, 0.5) is 0 Å². The first-order valence-corrected chi connectivity index (χ1v) is 10.4. The standard InChI is InChI=1S/C18H32O15/c1-4-7(21)9(23)11(25)17(29-4)33-15-13(27)16(28)30-6(3-20)14(15)32-18-12(26)10(24)8(22)5(2-19)31-18/h4-28H,2-3H2,1H3/t4-,5+,6+,7-,8+,9+,10-,11+,12+,13+,14-,15+,16+,17-,18-/m0/s1. The first kappa shape index (κ1) is 27.0. The maximum absolute atomic E-state index is 10.5. The molecule has 3 rings (SSSR count). The summed E-state index contributed by atoms with van der Waals surface area (Å²) in [5.41, 5.74) is 0. The van der Waals surface area contributed by atoms with Crippen LogP contribution in [0.5, 0.6) is 0 Å². The van der Waals surface area contributed by atoms with Gasteiger partial charge < -0.3 is 74.7 Å². The molecule has 0 aliphatic carbocycles. The third-order valence-corrected chi connectivity index (χ3v) is 6.05. The molecule has 15 nitrogen and oxygen atoms in total. The zero-order valence-electron chi connectivity index (χ0n) is 17.6. The minimum absolute atomic E-state index is 0.739. The van der Waals surface area contributed by atoms with E-state index in [2.05, 4.69) is 0 Å². The van der Waals surface area contributed by atoms with E-state index in [-0.39, 0.29) is 0 Å². The summed E-state index contributed by atoms with van der Waals surface area (Å²) < 4.78 is 26.9. The summed E-state index contributed by atoms with van der Waals surface area (Å²) in [4.78, 5) is 0. The van der Waals surface area contributed by atoms with Crippen LogP contribution in [0, 0.1) is 0 Å². The van der Waals surface area contributed by atoms with Gasteiger partial charge in [0.25, 0.3) is 0 Å². The van der Waals surface area contributed by atoms with Gasteiger partial charge in [0, 0.05) is 0 Å².